The normalized spacial score (nSPS) is 13.4. The first-order chi connectivity index (χ1) is 16.0. The fourth-order valence-electron chi connectivity index (χ4n) is 4.24. The van der Waals surface area contributed by atoms with Crippen LogP contribution in [0.3, 0.4) is 0 Å². The zero-order valence-electron chi connectivity index (χ0n) is 18.2. The summed E-state index contributed by atoms with van der Waals surface area (Å²) in [6.07, 6.45) is 5.76. The first kappa shape index (κ1) is 21.2. The number of aryl methyl sites for hydroxylation is 3. The highest BCUT2D eigenvalue weighted by Gasteiger charge is 2.18. The van der Waals surface area contributed by atoms with Crippen LogP contribution in [0.5, 0.6) is 5.88 Å². The molecule has 5 rings (SSSR count). The van der Waals surface area contributed by atoms with E-state index < -0.39 is 0 Å². The highest BCUT2D eigenvalue weighted by molar-refractivity contribution is 7.14. The van der Waals surface area contributed by atoms with Gasteiger partial charge >= 0.3 is 0 Å². The molecule has 0 atom stereocenters. The number of fused-ring (bicyclic) bond motifs is 2. The van der Waals surface area contributed by atoms with Crippen molar-refractivity contribution >= 4 is 34.2 Å². The van der Waals surface area contributed by atoms with Crippen LogP contribution >= 0.6 is 11.3 Å². The molecule has 33 heavy (non-hydrogen) atoms. The lowest BCUT2D eigenvalue weighted by molar-refractivity contribution is 0.0959. The molecular formula is C26H23N3O3S. The standard InChI is InChI=1S/C26H23N3O3S/c1-16-10-12-18(13-11-16)29-25(31)20-8-4-3-7-19(20)21(26(29)32)15-27-28-24(30)23-14-17-6-2-5-9-22(17)33-23/h3-4,7-8,10-15,32H,2,5-6,9H2,1H3,(H,28,30)/b27-15+. The average Bonchev–Trinajstić information content (AvgIpc) is 3.27. The van der Waals surface area contributed by atoms with E-state index in [0.717, 1.165) is 31.2 Å². The number of nitrogens with one attached hydrogen (secondary N) is 1. The van der Waals surface area contributed by atoms with Crippen LogP contribution in [0.15, 0.2) is 64.5 Å². The molecule has 0 radical (unpaired) electrons. The van der Waals surface area contributed by atoms with Crippen LogP contribution in [-0.4, -0.2) is 21.8 Å². The van der Waals surface area contributed by atoms with Crippen molar-refractivity contribution in [3.63, 3.8) is 0 Å². The first-order valence-electron chi connectivity index (χ1n) is 10.9. The topological polar surface area (TPSA) is 83.7 Å². The third-order valence-electron chi connectivity index (χ3n) is 5.98. The Labute approximate surface area is 194 Å². The van der Waals surface area contributed by atoms with Gasteiger partial charge in [-0.05, 0) is 62.4 Å². The van der Waals surface area contributed by atoms with Crippen molar-refractivity contribution in [3.8, 4) is 11.6 Å². The molecule has 2 heterocycles. The Kier molecular flexibility index (Phi) is 5.56. The van der Waals surface area contributed by atoms with E-state index in [9.17, 15) is 14.7 Å². The Morgan fingerprint density at radius 1 is 1.09 bits per heavy atom. The summed E-state index contributed by atoms with van der Waals surface area (Å²) in [5.41, 5.74) is 5.47. The molecule has 6 nitrogen and oxygen atoms in total. The Morgan fingerprint density at radius 2 is 1.82 bits per heavy atom. The summed E-state index contributed by atoms with van der Waals surface area (Å²) in [7, 11) is 0. The summed E-state index contributed by atoms with van der Waals surface area (Å²) in [5, 5.41) is 16.2. The van der Waals surface area contributed by atoms with Crippen LogP contribution in [0, 0.1) is 6.92 Å². The number of carbonyl (C=O) groups excluding carboxylic acids is 1. The van der Waals surface area contributed by atoms with Gasteiger partial charge in [-0.15, -0.1) is 11.3 Å². The lowest BCUT2D eigenvalue weighted by Crippen LogP contribution is -2.21. The van der Waals surface area contributed by atoms with Gasteiger partial charge in [-0.1, -0.05) is 35.9 Å². The van der Waals surface area contributed by atoms with Gasteiger partial charge in [0.15, 0.2) is 0 Å². The van der Waals surface area contributed by atoms with Gasteiger partial charge in [-0.3, -0.25) is 9.59 Å². The molecule has 0 spiro atoms. The quantitative estimate of drug-likeness (QED) is 0.344. The number of nitrogens with zero attached hydrogens (tertiary/aromatic N) is 2. The van der Waals surface area contributed by atoms with E-state index >= 15 is 0 Å². The SMILES string of the molecule is Cc1ccc(-n2c(O)c(/C=N/NC(=O)c3cc4c(s3)CCCC4)c3ccccc3c2=O)cc1. The van der Waals surface area contributed by atoms with E-state index in [2.05, 4.69) is 10.5 Å². The van der Waals surface area contributed by atoms with Crippen molar-refractivity contribution in [3.05, 3.63) is 91.4 Å². The molecule has 0 fully saturated rings. The minimum atomic E-state index is -0.322. The first-order valence-corrected chi connectivity index (χ1v) is 11.7. The number of amides is 1. The van der Waals surface area contributed by atoms with Gasteiger partial charge in [0.05, 0.1) is 22.3 Å². The molecule has 0 saturated carbocycles. The summed E-state index contributed by atoms with van der Waals surface area (Å²) < 4.78 is 1.26. The second-order valence-corrected chi connectivity index (χ2v) is 9.36. The number of rotatable bonds is 4. The minimum Gasteiger partial charge on any atom is -0.494 e. The molecule has 2 aromatic heterocycles. The molecule has 0 bridgehead atoms. The van der Waals surface area contributed by atoms with Crippen molar-refractivity contribution < 1.29 is 9.90 Å². The molecule has 166 valence electrons. The van der Waals surface area contributed by atoms with Gasteiger partial charge in [0.25, 0.3) is 11.5 Å². The van der Waals surface area contributed by atoms with Gasteiger partial charge in [-0.2, -0.15) is 5.10 Å². The average molecular weight is 458 g/mol. The predicted molar refractivity (Wildman–Crippen MR) is 132 cm³/mol. The highest BCUT2D eigenvalue weighted by Crippen LogP contribution is 2.30. The van der Waals surface area contributed by atoms with Crippen LogP contribution < -0.4 is 11.0 Å². The molecule has 2 aromatic carbocycles. The molecule has 1 amide bonds. The third-order valence-corrected chi connectivity index (χ3v) is 7.21. The molecule has 7 heteroatoms. The molecule has 1 aliphatic carbocycles. The third kappa shape index (κ3) is 3.96. The van der Waals surface area contributed by atoms with Crippen LogP contribution in [0.4, 0.5) is 0 Å². The summed E-state index contributed by atoms with van der Waals surface area (Å²) in [6.45, 7) is 1.96. The van der Waals surface area contributed by atoms with Crippen LogP contribution in [0.1, 0.15) is 44.1 Å². The van der Waals surface area contributed by atoms with Crippen LogP contribution in [0.25, 0.3) is 16.5 Å². The van der Waals surface area contributed by atoms with Crippen molar-refractivity contribution in [2.75, 3.05) is 0 Å². The zero-order chi connectivity index (χ0) is 22.9. The van der Waals surface area contributed by atoms with Gasteiger partial charge in [0, 0.05) is 15.6 Å². The summed E-state index contributed by atoms with van der Waals surface area (Å²) in [4.78, 5) is 27.7. The largest absolute Gasteiger partial charge is 0.494 e. The number of hydrogen-bond donors (Lipinski definition) is 2. The molecule has 1 aliphatic rings. The molecule has 0 aliphatic heterocycles. The van der Waals surface area contributed by atoms with Gasteiger partial charge in [0.1, 0.15) is 0 Å². The smallest absolute Gasteiger partial charge is 0.281 e. The van der Waals surface area contributed by atoms with Crippen LogP contribution in [0.2, 0.25) is 0 Å². The van der Waals surface area contributed by atoms with E-state index in [-0.39, 0.29) is 17.3 Å². The van der Waals surface area contributed by atoms with Gasteiger partial charge < -0.3 is 5.11 Å². The van der Waals surface area contributed by atoms with Crippen LogP contribution in [-0.2, 0) is 12.8 Å². The van der Waals surface area contributed by atoms with Crippen molar-refractivity contribution in [1.82, 2.24) is 9.99 Å². The maximum Gasteiger partial charge on any atom is 0.281 e. The Balaban J connectivity index is 1.51. The molecule has 0 unspecified atom stereocenters. The fourth-order valence-corrected chi connectivity index (χ4v) is 5.38. The van der Waals surface area contributed by atoms with E-state index in [4.69, 9.17) is 0 Å². The lowest BCUT2D eigenvalue weighted by Gasteiger charge is -2.13. The van der Waals surface area contributed by atoms with Gasteiger partial charge in [0.2, 0.25) is 5.88 Å². The van der Waals surface area contributed by atoms with E-state index in [1.54, 1.807) is 36.4 Å². The van der Waals surface area contributed by atoms with Crippen molar-refractivity contribution in [1.29, 1.82) is 0 Å². The number of hydrazone groups is 1. The van der Waals surface area contributed by atoms with E-state index in [0.29, 0.717) is 26.9 Å². The van der Waals surface area contributed by atoms with Gasteiger partial charge in [-0.25, -0.2) is 9.99 Å². The Bertz CT molecular complexity index is 1420. The number of pyridine rings is 1. The minimum absolute atomic E-state index is 0.230. The summed E-state index contributed by atoms with van der Waals surface area (Å²) in [5.74, 6) is -0.506. The van der Waals surface area contributed by atoms with E-state index in [1.807, 2.05) is 25.1 Å². The zero-order valence-corrected chi connectivity index (χ0v) is 19.0. The fraction of sp³-hybridized carbons (Fsp3) is 0.192. The maximum atomic E-state index is 13.1. The number of aromatic nitrogens is 1. The molecule has 0 saturated heterocycles. The molecule has 2 N–H and O–H groups in total. The predicted octanol–water partition coefficient (Wildman–Crippen LogP) is 4.71. The van der Waals surface area contributed by atoms with E-state index in [1.165, 1.54) is 32.6 Å². The number of thiophene rings is 1. The monoisotopic (exact) mass is 457 g/mol. The Morgan fingerprint density at radius 3 is 2.58 bits per heavy atom. The number of benzene rings is 2. The van der Waals surface area contributed by atoms with Crippen molar-refractivity contribution in [2.24, 2.45) is 5.10 Å². The molecular weight excluding hydrogens is 434 g/mol. The molecule has 4 aromatic rings. The second kappa shape index (κ2) is 8.67. The Hall–Kier alpha value is -3.71. The second-order valence-electron chi connectivity index (χ2n) is 8.22. The number of hydrogen-bond acceptors (Lipinski definition) is 5. The summed E-state index contributed by atoms with van der Waals surface area (Å²) >= 11 is 1.52. The summed E-state index contributed by atoms with van der Waals surface area (Å²) in [6, 6.07) is 16.3. The van der Waals surface area contributed by atoms with Crippen molar-refractivity contribution in [2.45, 2.75) is 32.6 Å². The number of aromatic hydroxyl groups is 1. The number of carbonyl (C=O) groups is 1. The highest BCUT2D eigenvalue weighted by atomic mass is 32.1. The maximum absolute atomic E-state index is 13.1. The lowest BCUT2D eigenvalue weighted by atomic mass is 9.99.